The lowest BCUT2D eigenvalue weighted by Crippen LogP contribution is -2.38. The van der Waals surface area contributed by atoms with Gasteiger partial charge in [-0.25, -0.2) is 15.3 Å². The molecule has 130 valence electrons. The highest BCUT2D eigenvalue weighted by Crippen LogP contribution is 2.02. The summed E-state index contributed by atoms with van der Waals surface area (Å²) >= 11 is 0. The molecule has 10 nitrogen and oxygen atoms in total. The fourth-order valence-corrected chi connectivity index (χ4v) is 2.33. The first-order valence-corrected chi connectivity index (χ1v) is 7.55. The molecule has 10 heteroatoms. The maximum Gasteiger partial charge on any atom is 0.330 e. The van der Waals surface area contributed by atoms with Crippen molar-refractivity contribution in [2.75, 3.05) is 0 Å². The number of carbonyl (C=O) groups excluding carboxylic acids is 1. The summed E-state index contributed by atoms with van der Waals surface area (Å²) in [4.78, 5) is 38.4. The number of hydrogen-bond acceptors (Lipinski definition) is 6. The predicted octanol–water partition coefficient (Wildman–Crippen LogP) is -0.564. The third-order valence-corrected chi connectivity index (χ3v) is 3.72. The van der Waals surface area contributed by atoms with Gasteiger partial charge >= 0.3 is 11.6 Å². The Balaban J connectivity index is 1.83. The Kier molecular flexibility index (Phi) is 5.64. The highest BCUT2D eigenvalue weighted by Gasteiger charge is 2.09. The molecule has 2 rings (SSSR count). The van der Waals surface area contributed by atoms with E-state index in [1.54, 1.807) is 11.5 Å². The van der Waals surface area contributed by atoms with E-state index >= 15 is 0 Å². The first-order valence-electron chi connectivity index (χ1n) is 7.55. The Bertz CT molecular complexity index is 835. The second kappa shape index (κ2) is 7.68. The van der Waals surface area contributed by atoms with E-state index in [1.807, 2.05) is 0 Å². The number of nitrogens with zero attached hydrogens (tertiary/aromatic N) is 5. The van der Waals surface area contributed by atoms with Crippen LogP contribution in [0, 0.1) is 6.92 Å². The lowest BCUT2D eigenvalue weighted by Gasteiger charge is -2.10. The van der Waals surface area contributed by atoms with Crippen LogP contribution in [0.2, 0.25) is 0 Å². The minimum Gasteiger partial charge on any atom is -0.298 e. The van der Waals surface area contributed by atoms with Gasteiger partial charge in [-0.1, -0.05) is 0 Å². The zero-order chi connectivity index (χ0) is 17.7. The van der Waals surface area contributed by atoms with Crippen LogP contribution in [0.15, 0.2) is 22.0 Å². The molecule has 2 aromatic heterocycles. The van der Waals surface area contributed by atoms with Gasteiger partial charge in [-0.2, -0.15) is 0 Å². The third-order valence-electron chi connectivity index (χ3n) is 3.72. The molecular formula is C14H20N6O4. The SMILES string of the molecule is Cc1cc(=O)n(C)c(=O)n1CCCCCn1cnc(C(=O)NO)n1. The summed E-state index contributed by atoms with van der Waals surface area (Å²) in [6.07, 6.45) is 3.84. The van der Waals surface area contributed by atoms with Gasteiger partial charge in [0.15, 0.2) is 0 Å². The first kappa shape index (κ1) is 17.6. The topological polar surface area (TPSA) is 124 Å². The lowest BCUT2D eigenvalue weighted by atomic mass is 10.2. The molecule has 0 unspecified atom stereocenters. The Morgan fingerprint density at radius 2 is 1.96 bits per heavy atom. The van der Waals surface area contributed by atoms with Crippen molar-refractivity contribution in [3.63, 3.8) is 0 Å². The van der Waals surface area contributed by atoms with Crippen molar-refractivity contribution in [2.24, 2.45) is 7.05 Å². The van der Waals surface area contributed by atoms with Gasteiger partial charge in [-0.15, -0.1) is 5.10 Å². The number of carbonyl (C=O) groups is 1. The van der Waals surface area contributed by atoms with Gasteiger partial charge in [-0.05, 0) is 26.2 Å². The van der Waals surface area contributed by atoms with E-state index in [2.05, 4.69) is 10.1 Å². The summed E-state index contributed by atoms with van der Waals surface area (Å²) < 4.78 is 4.20. The summed E-state index contributed by atoms with van der Waals surface area (Å²) in [7, 11) is 1.46. The molecule has 0 aliphatic carbocycles. The summed E-state index contributed by atoms with van der Waals surface area (Å²) in [5, 5.41) is 12.4. The molecule has 0 saturated heterocycles. The Hall–Kier alpha value is -2.75. The van der Waals surface area contributed by atoms with Crippen molar-refractivity contribution < 1.29 is 10.0 Å². The summed E-state index contributed by atoms with van der Waals surface area (Å²) in [5.41, 5.74) is 1.51. The normalized spacial score (nSPS) is 10.8. The van der Waals surface area contributed by atoms with Crippen LogP contribution >= 0.6 is 0 Å². The van der Waals surface area contributed by atoms with Gasteiger partial charge in [-0.3, -0.25) is 28.6 Å². The number of hydrogen-bond donors (Lipinski definition) is 2. The van der Waals surface area contributed by atoms with Gasteiger partial charge in [0.25, 0.3) is 5.56 Å². The predicted molar refractivity (Wildman–Crippen MR) is 83.8 cm³/mol. The second-order valence-corrected chi connectivity index (χ2v) is 5.45. The molecule has 1 amide bonds. The average molecular weight is 336 g/mol. The highest BCUT2D eigenvalue weighted by atomic mass is 16.5. The molecule has 0 spiro atoms. The minimum absolute atomic E-state index is 0.0927. The summed E-state index contributed by atoms with van der Waals surface area (Å²) in [6, 6.07) is 1.45. The van der Waals surface area contributed by atoms with Gasteiger partial charge in [0, 0.05) is 31.9 Å². The molecule has 24 heavy (non-hydrogen) atoms. The summed E-state index contributed by atoms with van der Waals surface area (Å²) in [6.45, 7) is 2.85. The summed E-state index contributed by atoms with van der Waals surface area (Å²) in [5.74, 6) is -0.844. The molecule has 0 aliphatic heterocycles. The largest absolute Gasteiger partial charge is 0.330 e. The molecule has 2 N–H and O–H groups in total. The van der Waals surface area contributed by atoms with Crippen molar-refractivity contribution >= 4 is 5.91 Å². The van der Waals surface area contributed by atoms with E-state index in [4.69, 9.17) is 5.21 Å². The molecule has 0 fully saturated rings. The van der Waals surface area contributed by atoms with Crippen LogP contribution < -0.4 is 16.7 Å². The van der Waals surface area contributed by atoms with Crippen molar-refractivity contribution in [1.82, 2.24) is 29.4 Å². The monoisotopic (exact) mass is 336 g/mol. The molecule has 0 aromatic carbocycles. The van der Waals surface area contributed by atoms with E-state index in [0.717, 1.165) is 23.8 Å². The maximum absolute atomic E-state index is 12.0. The van der Waals surface area contributed by atoms with Crippen molar-refractivity contribution in [1.29, 1.82) is 0 Å². The van der Waals surface area contributed by atoms with E-state index in [-0.39, 0.29) is 17.1 Å². The number of aromatic nitrogens is 5. The first-order chi connectivity index (χ1) is 11.4. The average Bonchev–Trinajstić information content (AvgIpc) is 3.03. The van der Waals surface area contributed by atoms with Gasteiger partial charge in [0.2, 0.25) is 5.82 Å². The van der Waals surface area contributed by atoms with E-state index < -0.39 is 5.91 Å². The number of rotatable bonds is 7. The zero-order valence-electron chi connectivity index (χ0n) is 13.6. The highest BCUT2D eigenvalue weighted by molar-refractivity contribution is 5.89. The van der Waals surface area contributed by atoms with Crippen molar-refractivity contribution in [2.45, 2.75) is 39.3 Å². The van der Waals surface area contributed by atoms with Crippen LogP contribution in [-0.2, 0) is 20.1 Å². The molecular weight excluding hydrogens is 316 g/mol. The molecule has 2 heterocycles. The van der Waals surface area contributed by atoms with Crippen LogP contribution in [0.1, 0.15) is 35.6 Å². The van der Waals surface area contributed by atoms with Gasteiger partial charge < -0.3 is 0 Å². The van der Waals surface area contributed by atoms with E-state index in [0.29, 0.717) is 18.8 Å². The van der Waals surface area contributed by atoms with Crippen LogP contribution in [0.4, 0.5) is 0 Å². The Morgan fingerprint density at radius 3 is 2.67 bits per heavy atom. The van der Waals surface area contributed by atoms with Crippen molar-refractivity contribution in [3.05, 3.63) is 44.8 Å². The zero-order valence-corrected chi connectivity index (χ0v) is 13.6. The Morgan fingerprint density at radius 1 is 1.25 bits per heavy atom. The quantitative estimate of drug-likeness (QED) is 0.397. The van der Waals surface area contributed by atoms with E-state index in [9.17, 15) is 14.4 Å². The second-order valence-electron chi connectivity index (χ2n) is 5.45. The molecule has 0 saturated carbocycles. The molecule has 2 aromatic rings. The number of nitrogens with one attached hydrogen (secondary N) is 1. The standard InChI is InChI=1S/C14H20N6O4/c1-10-8-11(21)18(2)14(23)20(10)7-5-3-4-6-19-9-15-12(16-19)13(22)17-24/h8-9,24H,3-7H2,1-2H3,(H,17,22). The number of amides is 1. The number of hydroxylamine groups is 1. The van der Waals surface area contributed by atoms with Crippen LogP contribution in [-0.4, -0.2) is 35.0 Å². The number of unbranched alkanes of at least 4 members (excludes halogenated alkanes) is 2. The van der Waals surface area contributed by atoms with E-state index in [1.165, 1.54) is 29.6 Å². The molecule has 0 atom stereocenters. The van der Waals surface area contributed by atoms with Crippen LogP contribution in [0.25, 0.3) is 0 Å². The third kappa shape index (κ3) is 3.96. The molecule has 0 radical (unpaired) electrons. The van der Waals surface area contributed by atoms with Gasteiger partial charge in [0.1, 0.15) is 6.33 Å². The molecule has 0 bridgehead atoms. The number of aryl methyl sites for hydroxylation is 2. The van der Waals surface area contributed by atoms with Crippen molar-refractivity contribution in [3.8, 4) is 0 Å². The van der Waals surface area contributed by atoms with Crippen LogP contribution in [0.3, 0.4) is 0 Å². The fourth-order valence-electron chi connectivity index (χ4n) is 2.33. The Labute approximate surface area is 137 Å². The fraction of sp³-hybridized carbons (Fsp3) is 0.500. The minimum atomic E-state index is -0.752. The smallest absolute Gasteiger partial charge is 0.298 e. The molecule has 0 aliphatic rings. The van der Waals surface area contributed by atoms with Gasteiger partial charge in [0.05, 0.1) is 0 Å². The van der Waals surface area contributed by atoms with Crippen LogP contribution in [0.5, 0.6) is 0 Å². The lowest BCUT2D eigenvalue weighted by molar-refractivity contribution is 0.0694. The maximum atomic E-state index is 12.0.